The first-order valence-electron chi connectivity index (χ1n) is 7.65. The molecule has 2 amide bonds. The van der Waals surface area contributed by atoms with Crippen molar-refractivity contribution >= 4 is 12.0 Å². The number of hydrogen-bond acceptors (Lipinski definition) is 3. The molecular formula is C16H23N3O3. The van der Waals surface area contributed by atoms with Crippen molar-refractivity contribution in [2.45, 2.75) is 25.3 Å². The van der Waals surface area contributed by atoms with Crippen molar-refractivity contribution < 1.29 is 14.7 Å². The molecule has 1 aromatic carbocycles. The molecule has 1 heterocycles. The van der Waals surface area contributed by atoms with E-state index < -0.39 is 5.97 Å². The summed E-state index contributed by atoms with van der Waals surface area (Å²) in [6, 6.07) is 9.48. The highest BCUT2D eigenvalue weighted by atomic mass is 16.4. The number of benzene rings is 1. The standard InChI is InChI=1S/C16H23N3O3/c17-9-6-14(12-4-2-1-3-5-12)18-16(22)19-10-7-13(8-11-19)15(20)21/h1-5,13-14H,6-11,17H2,(H,18,22)(H,20,21)/t14-/m0/s1. The Morgan fingerprint density at radius 1 is 1.27 bits per heavy atom. The van der Waals surface area contributed by atoms with Gasteiger partial charge in [0.25, 0.3) is 0 Å². The predicted octanol–water partition coefficient (Wildman–Crippen LogP) is 1.58. The smallest absolute Gasteiger partial charge is 0.317 e. The highest BCUT2D eigenvalue weighted by Crippen LogP contribution is 2.20. The summed E-state index contributed by atoms with van der Waals surface area (Å²) in [6.07, 6.45) is 1.69. The van der Waals surface area contributed by atoms with Crippen molar-refractivity contribution in [3.05, 3.63) is 35.9 Å². The van der Waals surface area contributed by atoms with E-state index >= 15 is 0 Å². The number of nitrogens with zero attached hydrogens (tertiary/aromatic N) is 1. The van der Waals surface area contributed by atoms with E-state index in [0.717, 1.165) is 5.56 Å². The van der Waals surface area contributed by atoms with E-state index in [9.17, 15) is 9.59 Å². The largest absolute Gasteiger partial charge is 0.481 e. The first kappa shape index (κ1) is 16.3. The number of carbonyl (C=O) groups is 2. The molecule has 0 aromatic heterocycles. The maximum atomic E-state index is 12.4. The lowest BCUT2D eigenvalue weighted by Gasteiger charge is -2.31. The molecule has 22 heavy (non-hydrogen) atoms. The molecule has 0 saturated carbocycles. The number of carboxylic acid groups (broad SMARTS) is 1. The molecule has 1 saturated heterocycles. The van der Waals surface area contributed by atoms with Gasteiger partial charge in [-0.2, -0.15) is 0 Å². The van der Waals surface area contributed by atoms with Crippen molar-refractivity contribution in [3.63, 3.8) is 0 Å². The van der Waals surface area contributed by atoms with Crippen LogP contribution < -0.4 is 11.1 Å². The highest BCUT2D eigenvalue weighted by molar-refractivity contribution is 5.75. The number of piperidine rings is 1. The third-order valence-corrected chi connectivity index (χ3v) is 4.09. The summed E-state index contributed by atoms with van der Waals surface area (Å²) in [5, 5.41) is 12.0. The van der Waals surface area contributed by atoms with E-state index in [2.05, 4.69) is 5.32 Å². The molecule has 120 valence electrons. The molecule has 0 spiro atoms. The molecule has 0 radical (unpaired) electrons. The first-order valence-corrected chi connectivity index (χ1v) is 7.65. The lowest BCUT2D eigenvalue weighted by atomic mass is 9.97. The Balaban J connectivity index is 1.93. The fraction of sp³-hybridized carbons (Fsp3) is 0.500. The summed E-state index contributed by atoms with van der Waals surface area (Å²) in [4.78, 5) is 25.0. The van der Waals surface area contributed by atoms with Gasteiger partial charge in [0, 0.05) is 13.1 Å². The van der Waals surface area contributed by atoms with Gasteiger partial charge in [-0.3, -0.25) is 4.79 Å². The van der Waals surface area contributed by atoms with Crippen molar-refractivity contribution in [2.24, 2.45) is 11.7 Å². The van der Waals surface area contributed by atoms with Crippen molar-refractivity contribution in [2.75, 3.05) is 19.6 Å². The number of carbonyl (C=O) groups excluding carboxylic acids is 1. The average Bonchev–Trinajstić information content (AvgIpc) is 2.55. The Kier molecular flexibility index (Phi) is 5.77. The van der Waals surface area contributed by atoms with Crippen LogP contribution in [0.3, 0.4) is 0 Å². The van der Waals surface area contributed by atoms with Crippen LogP contribution in [0.2, 0.25) is 0 Å². The molecule has 6 heteroatoms. The van der Waals surface area contributed by atoms with Gasteiger partial charge in [0.1, 0.15) is 0 Å². The van der Waals surface area contributed by atoms with E-state index in [-0.39, 0.29) is 18.0 Å². The summed E-state index contributed by atoms with van der Waals surface area (Å²) in [5.41, 5.74) is 6.67. The number of rotatable bonds is 5. The van der Waals surface area contributed by atoms with Gasteiger partial charge in [-0.05, 0) is 31.4 Å². The van der Waals surface area contributed by atoms with Gasteiger partial charge < -0.3 is 21.1 Å². The van der Waals surface area contributed by atoms with Crippen LogP contribution in [-0.4, -0.2) is 41.6 Å². The van der Waals surface area contributed by atoms with Crippen LogP contribution in [0.25, 0.3) is 0 Å². The van der Waals surface area contributed by atoms with Gasteiger partial charge in [-0.15, -0.1) is 0 Å². The van der Waals surface area contributed by atoms with Gasteiger partial charge in [-0.1, -0.05) is 30.3 Å². The zero-order valence-corrected chi connectivity index (χ0v) is 12.6. The Labute approximate surface area is 130 Å². The fourth-order valence-corrected chi connectivity index (χ4v) is 2.74. The second-order valence-corrected chi connectivity index (χ2v) is 5.59. The van der Waals surface area contributed by atoms with Gasteiger partial charge in [0.2, 0.25) is 0 Å². The van der Waals surface area contributed by atoms with Crippen molar-refractivity contribution in [3.8, 4) is 0 Å². The summed E-state index contributed by atoms with van der Waals surface area (Å²) in [6.45, 7) is 1.45. The molecular weight excluding hydrogens is 282 g/mol. The lowest BCUT2D eigenvalue weighted by Crippen LogP contribution is -2.46. The molecule has 1 aliphatic heterocycles. The number of nitrogens with one attached hydrogen (secondary N) is 1. The molecule has 6 nitrogen and oxygen atoms in total. The summed E-state index contributed by atoms with van der Waals surface area (Å²) in [7, 11) is 0. The second kappa shape index (κ2) is 7.79. The Hall–Kier alpha value is -2.08. The lowest BCUT2D eigenvalue weighted by molar-refractivity contribution is -0.143. The van der Waals surface area contributed by atoms with Crippen LogP contribution in [0.15, 0.2) is 30.3 Å². The maximum Gasteiger partial charge on any atom is 0.317 e. The van der Waals surface area contributed by atoms with Crippen LogP contribution in [0.1, 0.15) is 30.9 Å². The number of aliphatic carboxylic acids is 1. The van der Waals surface area contributed by atoms with Crippen LogP contribution in [0.5, 0.6) is 0 Å². The van der Waals surface area contributed by atoms with E-state index in [1.165, 1.54) is 0 Å². The van der Waals surface area contributed by atoms with E-state index in [1.54, 1.807) is 4.90 Å². The number of urea groups is 1. The molecule has 1 fully saturated rings. The SMILES string of the molecule is NCC[C@H](NC(=O)N1CCC(C(=O)O)CC1)c1ccccc1. The quantitative estimate of drug-likeness (QED) is 0.769. The van der Waals surface area contributed by atoms with Gasteiger partial charge >= 0.3 is 12.0 Å². The molecule has 0 bridgehead atoms. The zero-order valence-electron chi connectivity index (χ0n) is 12.6. The molecule has 0 unspecified atom stereocenters. The zero-order chi connectivity index (χ0) is 15.9. The van der Waals surface area contributed by atoms with Crippen LogP contribution in [-0.2, 0) is 4.79 Å². The fourth-order valence-electron chi connectivity index (χ4n) is 2.74. The minimum Gasteiger partial charge on any atom is -0.481 e. The van der Waals surface area contributed by atoms with Crippen LogP contribution in [0, 0.1) is 5.92 Å². The topological polar surface area (TPSA) is 95.7 Å². The number of likely N-dealkylation sites (tertiary alicyclic amines) is 1. The maximum absolute atomic E-state index is 12.4. The molecule has 0 aliphatic carbocycles. The number of nitrogens with two attached hydrogens (primary N) is 1. The second-order valence-electron chi connectivity index (χ2n) is 5.59. The Morgan fingerprint density at radius 2 is 1.91 bits per heavy atom. The minimum absolute atomic E-state index is 0.115. The third kappa shape index (κ3) is 4.21. The monoisotopic (exact) mass is 305 g/mol. The van der Waals surface area contributed by atoms with Gasteiger partial charge in [0.05, 0.1) is 12.0 Å². The predicted molar refractivity (Wildman–Crippen MR) is 83.3 cm³/mol. The highest BCUT2D eigenvalue weighted by Gasteiger charge is 2.27. The first-order chi connectivity index (χ1) is 10.6. The molecule has 4 N–H and O–H groups in total. The third-order valence-electron chi connectivity index (χ3n) is 4.09. The Morgan fingerprint density at radius 3 is 2.45 bits per heavy atom. The van der Waals surface area contributed by atoms with Gasteiger partial charge in [-0.25, -0.2) is 4.79 Å². The van der Waals surface area contributed by atoms with Crippen molar-refractivity contribution in [1.82, 2.24) is 10.2 Å². The minimum atomic E-state index is -0.773. The Bertz CT molecular complexity index is 499. The molecule has 1 aliphatic rings. The number of carboxylic acids is 1. The summed E-state index contributed by atoms with van der Waals surface area (Å²) >= 11 is 0. The number of hydrogen-bond donors (Lipinski definition) is 3. The normalized spacial score (nSPS) is 17.0. The van der Waals surface area contributed by atoms with Crippen LogP contribution in [0.4, 0.5) is 4.79 Å². The summed E-state index contributed by atoms with van der Waals surface area (Å²) < 4.78 is 0. The average molecular weight is 305 g/mol. The van der Waals surface area contributed by atoms with Crippen molar-refractivity contribution in [1.29, 1.82) is 0 Å². The van der Waals surface area contributed by atoms with E-state index in [4.69, 9.17) is 10.8 Å². The molecule has 2 rings (SSSR count). The van der Waals surface area contributed by atoms with E-state index in [1.807, 2.05) is 30.3 Å². The summed E-state index contributed by atoms with van der Waals surface area (Å²) in [5.74, 6) is -1.11. The van der Waals surface area contributed by atoms with E-state index in [0.29, 0.717) is 38.9 Å². The molecule has 1 atom stereocenters. The molecule has 1 aromatic rings. The van der Waals surface area contributed by atoms with Gasteiger partial charge in [0.15, 0.2) is 0 Å². The van der Waals surface area contributed by atoms with Crippen LogP contribution >= 0.6 is 0 Å². The number of amides is 2.